The molecule has 0 aliphatic heterocycles. The van der Waals surface area contributed by atoms with Crippen LogP contribution in [0.5, 0.6) is 0 Å². The van der Waals surface area contributed by atoms with Crippen molar-refractivity contribution in [3.8, 4) is 0 Å². The van der Waals surface area contributed by atoms with Crippen molar-refractivity contribution in [1.82, 2.24) is 0 Å². The largest absolute Gasteiger partial charge is 0.461 e. The Labute approximate surface area is 99.6 Å². The Bertz CT molecular complexity index is 196. The average molecular weight is 332 g/mol. The van der Waals surface area contributed by atoms with Gasteiger partial charge in [0.05, 0.1) is 0 Å². The van der Waals surface area contributed by atoms with E-state index in [0.717, 1.165) is 0 Å². The van der Waals surface area contributed by atoms with Gasteiger partial charge in [-0.2, -0.15) is 0 Å². The third-order valence-electron chi connectivity index (χ3n) is 1.40. The molecule has 0 fully saturated rings. The summed E-state index contributed by atoms with van der Waals surface area (Å²) in [6, 6.07) is 0. The van der Waals surface area contributed by atoms with E-state index in [1.807, 2.05) is 6.92 Å². The van der Waals surface area contributed by atoms with Gasteiger partial charge in [-0.3, -0.25) is 9.59 Å². The van der Waals surface area contributed by atoms with E-state index in [4.69, 9.17) is 9.47 Å². The lowest BCUT2D eigenvalue weighted by atomic mass is 10.3. The van der Waals surface area contributed by atoms with Crippen LogP contribution in [0.4, 0.5) is 0 Å². The molecule has 0 aliphatic carbocycles. The summed E-state index contributed by atoms with van der Waals surface area (Å²) in [5.74, 6) is -0.718. The number of carbonyl (C=O) groups is 2. The van der Waals surface area contributed by atoms with Crippen LogP contribution >= 0.6 is 31.9 Å². The molecule has 82 valence electrons. The lowest BCUT2D eigenvalue weighted by molar-refractivity contribution is -0.155. The first-order valence-electron chi connectivity index (χ1n) is 4.11. The highest BCUT2D eigenvalue weighted by atomic mass is 79.9. The molecular formula is C8H12Br2O4. The van der Waals surface area contributed by atoms with Crippen molar-refractivity contribution >= 4 is 43.8 Å². The van der Waals surface area contributed by atoms with Crippen LogP contribution < -0.4 is 0 Å². The molecule has 0 aliphatic rings. The maximum atomic E-state index is 10.9. The molecule has 4 nitrogen and oxygen atoms in total. The standard InChI is InChI=1S/C8H12Br2O4/c1-2-6(14-8(12)4-10)5-13-7(11)3-9/h6H,2-5H2,1H3. The highest BCUT2D eigenvalue weighted by Crippen LogP contribution is 2.01. The van der Waals surface area contributed by atoms with Gasteiger partial charge in [-0.15, -0.1) is 0 Å². The van der Waals surface area contributed by atoms with Crippen LogP contribution in [-0.2, 0) is 19.1 Å². The van der Waals surface area contributed by atoms with Gasteiger partial charge in [-0.25, -0.2) is 0 Å². The van der Waals surface area contributed by atoms with Crippen molar-refractivity contribution < 1.29 is 19.1 Å². The minimum Gasteiger partial charge on any atom is -0.461 e. The number of hydrogen-bond donors (Lipinski definition) is 0. The van der Waals surface area contributed by atoms with Crippen LogP contribution in [0.1, 0.15) is 13.3 Å². The second kappa shape index (κ2) is 8.23. The molecular weight excluding hydrogens is 320 g/mol. The lowest BCUT2D eigenvalue weighted by Gasteiger charge is -2.14. The van der Waals surface area contributed by atoms with Gasteiger partial charge in [0.1, 0.15) is 23.4 Å². The Morgan fingerprint density at radius 3 is 2.21 bits per heavy atom. The first-order valence-corrected chi connectivity index (χ1v) is 6.35. The quantitative estimate of drug-likeness (QED) is 0.548. The van der Waals surface area contributed by atoms with Crippen molar-refractivity contribution in [1.29, 1.82) is 0 Å². The number of carbonyl (C=O) groups excluding carboxylic acids is 2. The third kappa shape index (κ3) is 6.37. The maximum absolute atomic E-state index is 10.9. The third-order valence-corrected chi connectivity index (χ3v) is 2.32. The smallest absolute Gasteiger partial charge is 0.316 e. The summed E-state index contributed by atoms with van der Waals surface area (Å²) in [6.45, 7) is 1.97. The minimum atomic E-state index is -0.363. The molecule has 0 aromatic heterocycles. The molecule has 0 spiro atoms. The first-order chi connectivity index (χ1) is 6.63. The van der Waals surface area contributed by atoms with Gasteiger partial charge in [-0.1, -0.05) is 38.8 Å². The molecule has 0 radical (unpaired) electrons. The van der Waals surface area contributed by atoms with Crippen LogP contribution in [0.3, 0.4) is 0 Å². The molecule has 0 bridgehead atoms. The first kappa shape index (κ1) is 13.9. The van der Waals surface area contributed by atoms with E-state index >= 15 is 0 Å². The molecule has 1 unspecified atom stereocenters. The molecule has 0 saturated carbocycles. The van der Waals surface area contributed by atoms with Crippen LogP contribution in [0.25, 0.3) is 0 Å². The van der Waals surface area contributed by atoms with Crippen LogP contribution in [0.2, 0.25) is 0 Å². The van der Waals surface area contributed by atoms with Gasteiger partial charge in [0.15, 0.2) is 0 Å². The summed E-state index contributed by atoms with van der Waals surface area (Å²) >= 11 is 5.94. The summed E-state index contributed by atoms with van der Waals surface area (Å²) < 4.78 is 9.78. The SMILES string of the molecule is CCC(COC(=O)CBr)OC(=O)CBr. The lowest BCUT2D eigenvalue weighted by Crippen LogP contribution is -2.25. The van der Waals surface area contributed by atoms with Gasteiger partial charge < -0.3 is 9.47 Å². The normalized spacial score (nSPS) is 11.9. The van der Waals surface area contributed by atoms with E-state index < -0.39 is 0 Å². The minimum absolute atomic E-state index is 0.111. The van der Waals surface area contributed by atoms with Crippen LogP contribution in [-0.4, -0.2) is 35.3 Å². The molecule has 6 heteroatoms. The highest BCUT2D eigenvalue weighted by molar-refractivity contribution is 9.09. The molecule has 1 atom stereocenters. The molecule has 0 N–H and O–H groups in total. The van der Waals surface area contributed by atoms with E-state index in [2.05, 4.69) is 31.9 Å². The zero-order chi connectivity index (χ0) is 11.0. The summed E-state index contributed by atoms with van der Waals surface area (Å²) in [6.07, 6.45) is 0.261. The fraction of sp³-hybridized carbons (Fsp3) is 0.750. The zero-order valence-electron chi connectivity index (χ0n) is 7.79. The zero-order valence-corrected chi connectivity index (χ0v) is 11.0. The van der Waals surface area contributed by atoms with E-state index in [1.165, 1.54) is 0 Å². The molecule has 0 amide bonds. The second-order valence-electron chi connectivity index (χ2n) is 2.47. The number of alkyl halides is 2. The van der Waals surface area contributed by atoms with Gasteiger partial charge >= 0.3 is 11.9 Å². The Hall–Kier alpha value is -0.100. The predicted octanol–water partition coefficient (Wildman–Crippen LogP) is 1.64. The van der Waals surface area contributed by atoms with Crippen molar-refractivity contribution in [2.75, 3.05) is 17.3 Å². The Morgan fingerprint density at radius 1 is 1.21 bits per heavy atom. The predicted molar refractivity (Wildman–Crippen MR) is 58.7 cm³/mol. The van der Waals surface area contributed by atoms with Crippen LogP contribution in [0.15, 0.2) is 0 Å². The summed E-state index contributed by atoms with van der Waals surface area (Å²) in [5, 5.41) is 0.297. The fourth-order valence-corrected chi connectivity index (χ4v) is 0.971. The molecule has 0 aromatic rings. The second-order valence-corrected chi connectivity index (χ2v) is 3.59. The summed E-state index contributed by atoms with van der Waals surface area (Å²) in [5.41, 5.74) is 0. The van der Waals surface area contributed by atoms with Crippen molar-refractivity contribution in [2.45, 2.75) is 19.4 Å². The highest BCUT2D eigenvalue weighted by Gasteiger charge is 2.13. The Kier molecular flexibility index (Phi) is 8.17. The fourth-order valence-electron chi connectivity index (χ4n) is 0.677. The molecule has 0 aromatic carbocycles. The van der Waals surface area contributed by atoms with Gasteiger partial charge in [0.25, 0.3) is 0 Å². The molecule has 0 heterocycles. The number of esters is 2. The van der Waals surface area contributed by atoms with Crippen LogP contribution in [0, 0.1) is 0 Å². The van der Waals surface area contributed by atoms with Crippen molar-refractivity contribution in [3.05, 3.63) is 0 Å². The number of hydrogen-bond acceptors (Lipinski definition) is 4. The maximum Gasteiger partial charge on any atom is 0.316 e. The number of rotatable bonds is 6. The average Bonchev–Trinajstić information content (AvgIpc) is 2.22. The van der Waals surface area contributed by atoms with Crippen molar-refractivity contribution in [2.24, 2.45) is 0 Å². The van der Waals surface area contributed by atoms with Gasteiger partial charge in [0, 0.05) is 0 Å². The Balaban J connectivity index is 3.79. The van der Waals surface area contributed by atoms with E-state index in [0.29, 0.717) is 6.42 Å². The molecule has 0 rings (SSSR count). The van der Waals surface area contributed by atoms with E-state index in [-0.39, 0.29) is 35.3 Å². The number of ether oxygens (including phenoxy) is 2. The summed E-state index contributed by atoms with van der Waals surface area (Å²) in [4.78, 5) is 21.6. The van der Waals surface area contributed by atoms with Gasteiger partial charge in [0.2, 0.25) is 0 Å². The molecule has 0 saturated heterocycles. The van der Waals surface area contributed by atoms with E-state index in [1.54, 1.807) is 0 Å². The molecule has 14 heavy (non-hydrogen) atoms. The van der Waals surface area contributed by atoms with Crippen molar-refractivity contribution in [3.63, 3.8) is 0 Å². The van der Waals surface area contributed by atoms with E-state index in [9.17, 15) is 9.59 Å². The summed E-state index contributed by atoms with van der Waals surface area (Å²) in [7, 11) is 0. The monoisotopic (exact) mass is 330 g/mol. The Morgan fingerprint density at radius 2 is 1.79 bits per heavy atom. The van der Waals surface area contributed by atoms with Gasteiger partial charge in [-0.05, 0) is 6.42 Å². The topological polar surface area (TPSA) is 52.6 Å². The number of halogens is 2.